The number of hydrogen-bond acceptors (Lipinski definition) is 3. The topological polar surface area (TPSA) is 43.4 Å². The molecule has 1 fully saturated rings. The standard InChI is InChI=1S/C11H18O3/c1-11(2,3)14-10(13)7-9(12)6-8-4-5-8/h8H,4-7H2,1-3H3. The first-order valence-electron chi connectivity index (χ1n) is 5.10. The molecule has 1 saturated carbocycles. The van der Waals surface area contributed by atoms with E-state index in [-0.39, 0.29) is 12.2 Å². The fourth-order valence-electron chi connectivity index (χ4n) is 1.25. The average Bonchev–Trinajstić information content (AvgIpc) is 2.64. The molecule has 0 unspecified atom stereocenters. The Morgan fingerprint density at radius 3 is 2.29 bits per heavy atom. The first-order valence-corrected chi connectivity index (χ1v) is 5.10. The van der Waals surface area contributed by atoms with Gasteiger partial charge in [0.2, 0.25) is 0 Å². The summed E-state index contributed by atoms with van der Waals surface area (Å²) >= 11 is 0. The third kappa shape index (κ3) is 5.00. The van der Waals surface area contributed by atoms with Gasteiger partial charge >= 0.3 is 5.97 Å². The van der Waals surface area contributed by atoms with Crippen molar-refractivity contribution in [1.29, 1.82) is 0 Å². The predicted molar refractivity (Wildman–Crippen MR) is 52.8 cm³/mol. The smallest absolute Gasteiger partial charge is 0.313 e. The second-order valence-electron chi connectivity index (χ2n) is 4.95. The van der Waals surface area contributed by atoms with Gasteiger partial charge in [-0.2, -0.15) is 0 Å². The zero-order chi connectivity index (χ0) is 10.8. The molecule has 0 aromatic heterocycles. The fraction of sp³-hybridized carbons (Fsp3) is 0.818. The molecule has 0 radical (unpaired) electrons. The van der Waals surface area contributed by atoms with Gasteiger partial charge in [-0.05, 0) is 39.5 Å². The van der Waals surface area contributed by atoms with Crippen molar-refractivity contribution in [2.24, 2.45) is 5.92 Å². The van der Waals surface area contributed by atoms with Crippen LogP contribution in [0.1, 0.15) is 46.5 Å². The highest BCUT2D eigenvalue weighted by molar-refractivity contribution is 5.95. The predicted octanol–water partition coefficient (Wildman–Crippen LogP) is 2.09. The first-order chi connectivity index (χ1) is 6.37. The molecule has 0 amide bonds. The van der Waals surface area contributed by atoms with Crippen molar-refractivity contribution in [2.45, 2.75) is 52.1 Å². The van der Waals surface area contributed by atoms with E-state index in [4.69, 9.17) is 4.74 Å². The minimum atomic E-state index is -0.489. The van der Waals surface area contributed by atoms with Crippen molar-refractivity contribution in [1.82, 2.24) is 0 Å². The van der Waals surface area contributed by atoms with Crippen molar-refractivity contribution >= 4 is 11.8 Å². The Labute approximate surface area is 84.8 Å². The summed E-state index contributed by atoms with van der Waals surface area (Å²) in [6, 6.07) is 0. The lowest BCUT2D eigenvalue weighted by Crippen LogP contribution is -2.25. The van der Waals surface area contributed by atoms with Crippen LogP contribution in [0.3, 0.4) is 0 Å². The van der Waals surface area contributed by atoms with Crippen LogP contribution >= 0.6 is 0 Å². The zero-order valence-corrected chi connectivity index (χ0v) is 9.13. The van der Waals surface area contributed by atoms with Gasteiger partial charge in [0.25, 0.3) is 0 Å². The van der Waals surface area contributed by atoms with Crippen LogP contribution in [-0.2, 0) is 14.3 Å². The third-order valence-electron chi connectivity index (χ3n) is 1.97. The molecule has 1 aliphatic rings. The zero-order valence-electron chi connectivity index (χ0n) is 9.13. The van der Waals surface area contributed by atoms with Crippen molar-refractivity contribution in [2.75, 3.05) is 0 Å². The van der Waals surface area contributed by atoms with E-state index >= 15 is 0 Å². The number of carbonyl (C=O) groups excluding carboxylic acids is 2. The molecule has 0 N–H and O–H groups in total. The lowest BCUT2D eigenvalue weighted by Gasteiger charge is -2.19. The Bertz CT molecular complexity index is 233. The lowest BCUT2D eigenvalue weighted by molar-refractivity contribution is -0.156. The summed E-state index contributed by atoms with van der Waals surface area (Å²) in [5, 5.41) is 0. The SMILES string of the molecule is CC(C)(C)OC(=O)CC(=O)CC1CC1. The van der Waals surface area contributed by atoms with Crippen molar-refractivity contribution < 1.29 is 14.3 Å². The van der Waals surface area contributed by atoms with Crippen LogP contribution in [0.15, 0.2) is 0 Å². The molecule has 0 aliphatic heterocycles. The van der Waals surface area contributed by atoms with Crippen LogP contribution < -0.4 is 0 Å². The van der Waals surface area contributed by atoms with Gasteiger partial charge in [-0.3, -0.25) is 9.59 Å². The van der Waals surface area contributed by atoms with Crippen LogP contribution in [-0.4, -0.2) is 17.4 Å². The summed E-state index contributed by atoms with van der Waals surface area (Å²) in [5.41, 5.74) is -0.489. The molecular formula is C11H18O3. The van der Waals surface area contributed by atoms with Gasteiger partial charge in [-0.25, -0.2) is 0 Å². The Hall–Kier alpha value is -0.860. The first kappa shape index (κ1) is 11.2. The number of ketones is 1. The van der Waals surface area contributed by atoms with Gasteiger partial charge in [0, 0.05) is 6.42 Å². The van der Waals surface area contributed by atoms with Gasteiger partial charge in [-0.1, -0.05) is 0 Å². The van der Waals surface area contributed by atoms with Crippen LogP contribution in [0, 0.1) is 5.92 Å². The van der Waals surface area contributed by atoms with Crippen LogP contribution in [0.2, 0.25) is 0 Å². The van der Waals surface area contributed by atoms with Gasteiger partial charge in [0.15, 0.2) is 0 Å². The number of hydrogen-bond donors (Lipinski definition) is 0. The average molecular weight is 198 g/mol. The Morgan fingerprint density at radius 2 is 1.86 bits per heavy atom. The fourth-order valence-corrected chi connectivity index (χ4v) is 1.25. The Balaban J connectivity index is 2.21. The molecule has 0 atom stereocenters. The molecule has 0 aromatic rings. The molecule has 14 heavy (non-hydrogen) atoms. The Morgan fingerprint density at radius 1 is 1.29 bits per heavy atom. The molecule has 80 valence electrons. The molecule has 1 aliphatic carbocycles. The molecule has 0 bridgehead atoms. The highest BCUT2D eigenvalue weighted by Crippen LogP contribution is 2.32. The Kier molecular flexibility index (Phi) is 3.29. The lowest BCUT2D eigenvalue weighted by atomic mass is 10.1. The van der Waals surface area contributed by atoms with Gasteiger partial charge in [0.1, 0.15) is 17.8 Å². The number of Topliss-reactive ketones (excluding diaryl/α,β-unsaturated/α-hetero) is 1. The largest absolute Gasteiger partial charge is 0.460 e. The molecule has 0 heterocycles. The molecule has 3 heteroatoms. The molecule has 3 nitrogen and oxygen atoms in total. The molecule has 0 aromatic carbocycles. The van der Waals surface area contributed by atoms with E-state index in [2.05, 4.69) is 0 Å². The molecule has 1 rings (SSSR count). The summed E-state index contributed by atoms with van der Waals surface area (Å²) in [7, 11) is 0. The number of ether oxygens (including phenoxy) is 1. The molecule has 0 saturated heterocycles. The summed E-state index contributed by atoms with van der Waals surface area (Å²) in [6.07, 6.45) is 2.77. The minimum Gasteiger partial charge on any atom is -0.460 e. The van der Waals surface area contributed by atoms with Gasteiger partial charge in [0.05, 0.1) is 0 Å². The highest BCUT2D eigenvalue weighted by atomic mass is 16.6. The van der Waals surface area contributed by atoms with E-state index in [1.807, 2.05) is 0 Å². The van der Waals surface area contributed by atoms with E-state index in [1.165, 1.54) is 0 Å². The van der Waals surface area contributed by atoms with Crippen LogP contribution in [0.25, 0.3) is 0 Å². The molecular weight excluding hydrogens is 180 g/mol. The monoisotopic (exact) mass is 198 g/mol. The van der Waals surface area contributed by atoms with E-state index in [0.29, 0.717) is 12.3 Å². The summed E-state index contributed by atoms with van der Waals surface area (Å²) in [4.78, 5) is 22.5. The quantitative estimate of drug-likeness (QED) is 0.513. The van der Waals surface area contributed by atoms with E-state index in [0.717, 1.165) is 12.8 Å². The maximum atomic E-state index is 11.3. The summed E-state index contributed by atoms with van der Waals surface area (Å²) in [6.45, 7) is 5.41. The maximum Gasteiger partial charge on any atom is 0.313 e. The van der Waals surface area contributed by atoms with E-state index < -0.39 is 11.6 Å². The van der Waals surface area contributed by atoms with Crippen molar-refractivity contribution in [3.63, 3.8) is 0 Å². The summed E-state index contributed by atoms with van der Waals surface area (Å²) < 4.78 is 5.05. The normalized spacial score (nSPS) is 16.5. The van der Waals surface area contributed by atoms with Gasteiger partial charge < -0.3 is 4.74 Å². The van der Waals surface area contributed by atoms with E-state index in [9.17, 15) is 9.59 Å². The second kappa shape index (κ2) is 4.11. The maximum absolute atomic E-state index is 11.3. The number of rotatable bonds is 4. The second-order valence-corrected chi connectivity index (χ2v) is 4.95. The number of carbonyl (C=O) groups is 2. The van der Waals surface area contributed by atoms with Crippen molar-refractivity contribution in [3.05, 3.63) is 0 Å². The minimum absolute atomic E-state index is 0.0155. The van der Waals surface area contributed by atoms with Crippen LogP contribution in [0.5, 0.6) is 0 Å². The highest BCUT2D eigenvalue weighted by Gasteiger charge is 2.26. The van der Waals surface area contributed by atoms with Crippen LogP contribution in [0.4, 0.5) is 0 Å². The van der Waals surface area contributed by atoms with Crippen molar-refractivity contribution in [3.8, 4) is 0 Å². The van der Waals surface area contributed by atoms with E-state index in [1.54, 1.807) is 20.8 Å². The number of esters is 1. The third-order valence-corrected chi connectivity index (χ3v) is 1.97. The molecule has 0 spiro atoms. The van der Waals surface area contributed by atoms with Gasteiger partial charge in [-0.15, -0.1) is 0 Å². The summed E-state index contributed by atoms with van der Waals surface area (Å²) in [5.74, 6) is 0.162.